The fourth-order valence-corrected chi connectivity index (χ4v) is 1.90. The van der Waals surface area contributed by atoms with Gasteiger partial charge in [0.25, 0.3) is 0 Å². The van der Waals surface area contributed by atoms with Gasteiger partial charge >= 0.3 is 0 Å². The Labute approximate surface area is 119 Å². The highest BCUT2D eigenvalue weighted by Gasteiger charge is 2.21. The number of halogens is 2. The maximum atomic E-state index is 10.1. The first-order chi connectivity index (χ1) is 8.21. The van der Waals surface area contributed by atoms with Gasteiger partial charge in [0.2, 0.25) is 0 Å². The fourth-order valence-electron chi connectivity index (χ4n) is 1.47. The highest BCUT2D eigenvalue weighted by atomic mass is 35.5. The molecule has 1 rings (SSSR count). The van der Waals surface area contributed by atoms with Crippen LogP contribution in [0.4, 0.5) is 0 Å². The number of rotatable bonds is 4. The molecule has 0 aliphatic rings. The summed E-state index contributed by atoms with van der Waals surface area (Å²) in [6.07, 6.45) is -0.652. The third kappa shape index (κ3) is 4.43. The predicted octanol–water partition coefficient (Wildman–Crippen LogP) is 4.05. The molecule has 18 heavy (non-hydrogen) atoms. The van der Waals surface area contributed by atoms with E-state index in [1.54, 1.807) is 18.2 Å². The first kappa shape index (κ1) is 15.8. The summed E-state index contributed by atoms with van der Waals surface area (Å²) in [5, 5.41) is 14.6. The van der Waals surface area contributed by atoms with Crippen molar-refractivity contribution in [3.05, 3.63) is 33.8 Å². The molecule has 0 aliphatic carbocycles. The van der Waals surface area contributed by atoms with E-state index in [9.17, 15) is 5.11 Å². The van der Waals surface area contributed by atoms with Crippen molar-refractivity contribution >= 4 is 23.2 Å². The molecule has 0 aromatic heterocycles. The molecule has 2 atom stereocenters. The predicted molar refractivity (Wildman–Crippen MR) is 78.3 cm³/mol. The van der Waals surface area contributed by atoms with Crippen LogP contribution in [0.25, 0.3) is 0 Å². The van der Waals surface area contributed by atoms with Crippen molar-refractivity contribution in [2.75, 3.05) is 6.54 Å². The maximum Gasteiger partial charge on any atom is 0.0929 e. The molecular formula is C14H21Cl2NO. The van der Waals surface area contributed by atoms with Gasteiger partial charge in [0.15, 0.2) is 0 Å². The third-order valence-electron chi connectivity index (χ3n) is 3.23. The molecule has 102 valence electrons. The van der Waals surface area contributed by atoms with E-state index in [4.69, 9.17) is 23.2 Å². The van der Waals surface area contributed by atoms with Crippen LogP contribution in [0, 0.1) is 5.41 Å². The van der Waals surface area contributed by atoms with Gasteiger partial charge in [-0.05, 0) is 30.5 Å². The Morgan fingerprint density at radius 1 is 1.28 bits per heavy atom. The minimum absolute atomic E-state index is 0.151. The average molecular weight is 290 g/mol. The highest BCUT2D eigenvalue weighted by Crippen LogP contribution is 2.26. The minimum Gasteiger partial charge on any atom is -0.387 e. The molecule has 0 heterocycles. The van der Waals surface area contributed by atoms with Gasteiger partial charge in [-0.15, -0.1) is 0 Å². The van der Waals surface area contributed by atoms with E-state index in [1.165, 1.54) is 0 Å². The van der Waals surface area contributed by atoms with E-state index in [2.05, 4.69) is 33.0 Å². The molecule has 1 aromatic rings. The van der Waals surface area contributed by atoms with Crippen LogP contribution in [0.3, 0.4) is 0 Å². The molecule has 0 saturated carbocycles. The summed E-state index contributed by atoms with van der Waals surface area (Å²) in [5.74, 6) is 0. The summed E-state index contributed by atoms with van der Waals surface area (Å²) >= 11 is 12.0. The standard InChI is InChI=1S/C14H21Cl2NO/c1-9(14(2,3)4)17-8-13(18)11-7-10(15)5-6-12(11)16/h5-7,9,13,17-18H,8H2,1-4H3. The lowest BCUT2D eigenvalue weighted by Gasteiger charge is -2.29. The zero-order valence-corrected chi connectivity index (χ0v) is 12.8. The minimum atomic E-state index is -0.652. The first-order valence-corrected chi connectivity index (χ1v) is 6.84. The molecule has 2 unspecified atom stereocenters. The first-order valence-electron chi connectivity index (χ1n) is 6.08. The van der Waals surface area contributed by atoms with Crippen LogP contribution in [0.1, 0.15) is 39.4 Å². The van der Waals surface area contributed by atoms with E-state index in [-0.39, 0.29) is 5.41 Å². The Hall–Kier alpha value is -0.280. The van der Waals surface area contributed by atoms with E-state index >= 15 is 0 Å². The van der Waals surface area contributed by atoms with Crippen LogP contribution >= 0.6 is 23.2 Å². The second-order valence-corrected chi connectivity index (χ2v) is 6.52. The number of hydrogen-bond donors (Lipinski definition) is 2. The van der Waals surface area contributed by atoms with Crippen molar-refractivity contribution in [3.63, 3.8) is 0 Å². The number of aliphatic hydroxyl groups excluding tert-OH is 1. The Morgan fingerprint density at radius 2 is 1.89 bits per heavy atom. The molecule has 0 fully saturated rings. The Bertz CT molecular complexity index is 401. The molecule has 2 N–H and O–H groups in total. The summed E-state index contributed by atoms with van der Waals surface area (Å²) in [4.78, 5) is 0. The monoisotopic (exact) mass is 289 g/mol. The Morgan fingerprint density at radius 3 is 2.44 bits per heavy atom. The van der Waals surface area contributed by atoms with Crippen LogP contribution < -0.4 is 5.32 Å². The third-order valence-corrected chi connectivity index (χ3v) is 3.81. The molecule has 0 amide bonds. The lowest BCUT2D eigenvalue weighted by Crippen LogP contribution is -2.39. The number of aliphatic hydroxyl groups is 1. The van der Waals surface area contributed by atoms with E-state index in [0.717, 1.165) is 0 Å². The van der Waals surface area contributed by atoms with Crippen molar-refractivity contribution in [2.24, 2.45) is 5.41 Å². The zero-order chi connectivity index (χ0) is 13.9. The fraction of sp³-hybridized carbons (Fsp3) is 0.571. The van der Waals surface area contributed by atoms with Crippen molar-refractivity contribution in [2.45, 2.75) is 39.8 Å². The summed E-state index contributed by atoms with van der Waals surface area (Å²) in [6, 6.07) is 5.42. The summed E-state index contributed by atoms with van der Waals surface area (Å²) in [7, 11) is 0. The van der Waals surface area contributed by atoms with Gasteiger partial charge in [-0.3, -0.25) is 0 Å². The lowest BCUT2D eigenvalue weighted by atomic mass is 9.88. The van der Waals surface area contributed by atoms with Crippen LogP contribution in [0.5, 0.6) is 0 Å². The van der Waals surface area contributed by atoms with Crippen molar-refractivity contribution in [3.8, 4) is 0 Å². The number of benzene rings is 1. The topological polar surface area (TPSA) is 32.3 Å². The smallest absolute Gasteiger partial charge is 0.0929 e. The van der Waals surface area contributed by atoms with Crippen LogP contribution in [0.15, 0.2) is 18.2 Å². The van der Waals surface area contributed by atoms with Crippen molar-refractivity contribution in [1.82, 2.24) is 5.32 Å². The van der Waals surface area contributed by atoms with Gasteiger partial charge in [-0.1, -0.05) is 44.0 Å². The quantitative estimate of drug-likeness (QED) is 0.876. The lowest BCUT2D eigenvalue weighted by molar-refractivity contribution is 0.158. The van der Waals surface area contributed by atoms with Crippen LogP contribution in [-0.4, -0.2) is 17.7 Å². The van der Waals surface area contributed by atoms with Crippen molar-refractivity contribution in [1.29, 1.82) is 0 Å². The molecule has 0 radical (unpaired) electrons. The number of nitrogens with one attached hydrogen (secondary N) is 1. The Balaban J connectivity index is 2.66. The molecular weight excluding hydrogens is 269 g/mol. The summed E-state index contributed by atoms with van der Waals surface area (Å²) in [6.45, 7) is 9.03. The van der Waals surface area contributed by atoms with Gasteiger partial charge in [-0.25, -0.2) is 0 Å². The molecule has 4 heteroatoms. The summed E-state index contributed by atoms with van der Waals surface area (Å²) < 4.78 is 0. The average Bonchev–Trinajstić information content (AvgIpc) is 2.27. The van der Waals surface area contributed by atoms with E-state index in [0.29, 0.717) is 28.2 Å². The Kier molecular flexibility index (Phi) is 5.47. The molecule has 0 spiro atoms. The normalized spacial score (nSPS) is 15.5. The van der Waals surface area contributed by atoms with Gasteiger partial charge in [0, 0.05) is 28.2 Å². The summed E-state index contributed by atoms with van der Waals surface area (Å²) in [5.41, 5.74) is 0.815. The maximum absolute atomic E-state index is 10.1. The second kappa shape index (κ2) is 6.25. The van der Waals surface area contributed by atoms with E-state index in [1.807, 2.05) is 0 Å². The van der Waals surface area contributed by atoms with E-state index < -0.39 is 6.10 Å². The van der Waals surface area contributed by atoms with Gasteiger partial charge in [-0.2, -0.15) is 0 Å². The second-order valence-electron chi connectivity index (χ2n) is 5.68. The van der Waals surface area contributed by atoms with Crippen molar-refractivity contribution < 1.29 is 5.11 Å². The SMILES string of the molecule is CC(NCC(O)c1cc(Cl)ccc1Cl)C(C)(C)C. The molecule has 2 nitrogen and oxygen atoms in total. The molecule has 0 saturated heterocycles. The van der Waals surface area contributed by atoms with Gasteiger partial charge in [0.05, 0.1) is 6.10 Å². The highest BCUT2D eigenvalue weighted by molar-refractivity contribution is 6.33. The largest absolute Gasteiger partial charge is 0.387 e. The number of hydrogen-bond acceptors (Lipinski definition) is 2. The van der Waals surface area contributed by atoms with Gasteiger partial charge < -0.3 is 10.4 Å². The molecule has 1 aromatic carbocycles. The van der Waals surface area contributed by atoms with Gasteiger partial charge in [0.1, 0.15) is 0 Å². The molecule has 0 bridgehead atoms. The van der Waals surface area contributed by atoms with Crippen LogP contribution in [0.2, 0.25) is 10.0 Å². The van der Waals surface area contributed by atoms with Crippen LogP contribution in [-0.2, 0) is 0 Å². The zero-order valence-electron chi connectivity index (χ0n) is 11.3. The molecule has 0 aliphatic heterocycles.